The fourth-order valence-corrected chi connectivity index (χ4v) is 3.12. The van der Waals surface area contributed by atoms with E-state index in [1.165, 1.54) is 0 Å². The Bertz CT molecular complexity index is 425. The molecule has 1 saturated heterocycles. The molecule has 3 atom stereocenters. The van der Waals surface area contributed by atoms with E-state index in [4.69, 9.17) is 27.9 Å². The molecule has 0 radical (unpaired) electrons. The molecule has 19 heavy (non-hydrogen) atoms. The SMILES string of the molecule is CCNC(Cc1cc(Cl)ccc1Cl)C1COC(C)C1. The van der Waals surface area contributed by atoms with Crippen LogP contribution in [0.4, 0.5) is 0 Å². The number of benzene rings is 1. The van der Waals surface area contributed by atoms with Crippen molar-refractivity contribution < 1.29 is 4.74 Å². The van der Waals surface area contributed by atoms with E-state index in [1.807, 2.05) is 18.2 Å². The summed E-state index contributed by atoms with van der Waals surface area (Å²) in [5.41, 5.74) is 1.11. The Labute approximate surface area is 125 Å². The van der Waals surface area contributed by atoms with E-state index in [9.17, 15) is 0 Å². The van der Waals surface area contributed by atoms with Gasteiger partial charge in [0, 0.05) is 22.0 Å². The fourth-order valence-electron chi connectivity index (χ4n) is 2.74. The standard InChI is InChI=1S/C15H21Cl2NO/c1-3-18-15(12-6-10(2)19-9-12)8-11-7-13(16)4-5-14(11)17/h4-5,7,10,12,15,18H,3,6,8-9H2,1-2H3. The lowest BCUT2D eigenvalue weighted by molar-refractivity contribution is 0.117. The van der Waals surface area contributed by atoms with Crippen molar-refractivity contribution in [2.75, 3.05) is 13.2 Å². The van der Waals surface area contributed by atoms with Crippen LogP contribution in [0.5, 0.6) is 0 Å². The van der Waals surface area contributed by atoms with E-state index in [-0.39, 0.29) is 0 Å². The summed E-state index contributed by atoms with van der Waals surface area (Å²) in [6, 6.07) is 6.06. The lowest BCUT2D eigenvalue weighted by Crippen LogP contribution is -2.38. The Hall–Kier alpha value is -0.280. The Kier molecular flexibility index (Phi) is 5.52. The largest absolute Gasteiger partial charge is 0.378 e. The van der Waals surface area contributed by atoms with E-state index >= 15 is 0 Å². The Morgan fingerprint density at radius 1 is 1.42 bits per heavy atom. The molecule has 1 aromatic carbocycles. The van der Waals surface area contributed by atoms with Gasteiger partial charge in [0.15, 0.2) is 0 Å². The number of nitrogens with one attached hydrogen (secondary N) is 1. The monoisotopic (exact) mass is 301 g/mol. The molecule has 0 amide bonds. The van der Waals surface area contributed by atoms with Gasteiger partial charge >= 0.3 is 0 Å². The van der Waals surface area contributed by atoms with Crippen LogP contribution in [0.25, 0.3) is 0 Å². The van der Waals surface area contributed by atoms with Crippen LogP contribution in [-0.4, -0.2) is 25.3 Å². The van der Waals surface area contributed by atoms with Crippen LogP contribution in [-0.2, 0) is 11.2 Å². The summed E-state index contributed by atoms with van der Waals surface area (Å²) < 4.78 is 5.69. The zero-order valence-corrected chi connectivity index (χ0v) is 13.0. The first-order valence-corrected chi connectivity index (χ1v) is 7.64. The van der Waals surface area contributed by atoms with Gasteiger partial charge in [0.1, 0.15) is 0 Å². The van der Waals surface area contributed by atoms with E-state index in [0.717, 1.165) is 41.6 Å². The normalized spacial score (nSPS) is 24.6. The van der Waals surface area contributed by atoms with Crippen molar-refractivity contribution in [1.29, 1.82) is 0 Å². The number of ether oxygens (including phenoxy) is 1. The van der Waals surface area contributed by atoms with Crippen LogP contribution in [0.3, 0.4) is 0 Å². The molecule has 1 aliphatic heterocycles. The summed E-state index contributed by atoms with van der Waals surface area (Å²) in [6.07, 6.45) is 2.37. The average Bonchev–Trinajstić information content (AvgIpc) is 2.80. The van der Waals surface area contributed by atoms with Gasteiger partial charge in [-0.2, -0.15) is 0 Å². The van der Waals surface area contributed by atoms with E-state index in [2.05, 4.69) is 19.2 Å². The second-order valence-corrected chi connectivity index (χ2v) is 6.09. The van der Waals surface area contributed by atoms with Crippen molar-refractivity contribution >= 4 is 23.2 Å². The molecule has 1 fully saturated rings. The molecule has 3 unspecified atom stereocenters. The van der Waals surface area contributed by atoms with Crippen LogP contribution in [0.15, 0.2) is 18.2 Å². The number of halogens is 2. The van der Waals surface area contributed by atoms with Crippen LogP contribution < -0.4 is 5.32 Å². The van der Waals surface area contributed by atoms with Gasteiger partial charge in [-0.15, -0.1) is 0 Å². The van der Waals surface area contributed by atoms with Gasteiger partial charge in [0.25, 0.3) is 0 Å². The molecule has 106 valence electrons. The van der Waals surface area contributed by atoms with Gasteiger partial charge in [-0.25, -0.2) is 0 Å². The molecule has 1 aromatic rings. The lowest BCUT2D eigenvalue weighted by atomic mass is 9.91. The van der Waals surface area contributed by atoms with Gasteiger partial charge in [0.05, 0.1) is 12.7 Å². The molecule has 1 heterocycles. The molecule has 2 nitrogen and oxygen atoms in total. The zero-order chi connectivity index (χ0) is 13.8. The average molecular weight is 302 g/mol. The van der Waals surface area contributed by atoms with Crippen LogP contribution in [0.2, 0.25) is 10.0 Å². The molecule has 2 rings (SSSR count). The topological polar surface area (TPSA) is 21.3 Å². The van der Waals surface area contributed by atoms with Crippen LogP contribution >= 0.6 is 23.2 Å². The molecular formula is C15H21Cl2NO. The molecule has 1 aliphatic rings. The smallest absolute Gasteiger partial charge is 0.0551 e. The quantitative estimate of drug-likeness (QED) is 0.889. The summed E-state index contributed by atoms with van der Waals surface area (Å²) in [4.78, 5) is 0. The Morgan fingerprint density at radius 2 is 2.21 bits per heavy atom. The molecule has 0 bridgehead atoms. The van der Waals surface area contributed by atoms with Gasteiger partial charge in [-0.05, 0) is 50.1 Å². The van der Waals surface area contributed by atoms with Crippen molar-refractivity contribution in [3.63, 3.8) is 0 Å². The molecule has 0 aliphatic carbocycles. The van der Waals surface area contributed by atoms with Gasteiger partial charge < -0.3 is 10.1 Å². The molecular weight excluding hydrogens is 281 g/mol. The van der Waals surface area contributed by atoms with Crippen molar-refractivity contribution in [2.45, 2.75) is 38.8 Å². The summed E-state index contributed by atoms with van der Waals surface area (Å²) in [6.45, 7) is 6.05. The molecule has 1 N–H and O–H groups in total. The Balaban J connectivity index is 2.09. The third-order valence-corrected chi connectivity index (χ3v) is 4.32. The maximum Gasteiger partial charge on any atom is 0.0551 e. The highest BCUT2D eigenvalue weighted by Gasteiger charge is 2.29. The number of hydrogen-bond donors (Lipinski definition) is 1. The summed E-state index contributed by atoms with van der Waals surface area (Å²) in [5, 5.41) is 5.09. The number of hydrogen-bond acceptors (Lipinski definition) is 2. The predicted molar refractivity (Wildman–Crippen MR) is 81.2 cm³/mol. The van der Waals surface area contributed by atoms with Crippen molar-refractivity contribution in [2.24, 2.45) is 5.92 Å². The van der Waals surface area contributed by atoms with Crippen molar-refractivity contribution in [3.8, 4) is 0 Å². The molecule has 0 aromatic heterocycles. The number of likely N-dealkylation sites (N-methyl/N-ethyl adjacent to an activating group) is 1. The zero-order valence-electron chi connectivity index (χ0n) is 11.5. The fraction of sp³-hybridized carbons (Fsp3) is 0.600. The summed E-state index contributed by atoms with van der Waals surface area (Å²) in [7, 11) is 0. The van der Waals surface area contributed by atoms with E-state index < -0.39 is 0 Å². The summed E-state index contributed by atoms with van der Waals surface area (Å²) >= 11 is 12.3. The number of rotatable bonds is 5. The van der Waals surface area contributed by atoms with Crippen LogP contribution in [0.1, 0.15) is 25.8 Å². The highest BCUT2D eigenvalue weighted by atomic mass is 35.5. The molecule has 4 heteroatoms. The lowest BCUT2D eigenvalue weighted by Gasteiger charge is -2.24. The Morgan fingerprint density at radius 3 is 2.84 bits per heavy atom. The highest BCUT2D eigenvalue weighted by molar-refractivity contribution is 6.33. The summed E-state index contributed by atoms with van der Waals surface area (Å²) in [5.74, 6) is 0.546. The van der Waals surface area contributed by atoms with Gasteiger partial charge in [0.2, 0.25) is 0 Å². The van der Waals surface area contributed by atoms with E-state index in [0.29, 0.717) is 18.1 Å². The van der Waals surface area contributed by atoms with Gasteiger partial charge in [-0.1, -0.05) is 30.1 Å². The predicted octanol–water partition coefficient (Wildman–Crippen LogP) is 3.94. The van der Waals surface area contributed by atoms with Gasteiger partial charge in [-0.3, -0.25) is 0 Å². The minimum atomic E-state index is 0.362. The maximum absolute atomic E-state index is 6.26. The van der Waals surface area contributed by atoms with Crippen molar-refractivity contribution in [1.82, 2.24) is 5.32 Å². The second-order valence-electron chi connectivity index (χ2n) is 5.24. The molecule has 0 spiro atoms. The van der Waals surface area contributed by atoms with Crippen LogP contribution in [0, 0.1) is 5.92 Å². The first kappa shape index (κ1) is 15.1. The first-order chi connectivity index (χ1) is 9.10. The van der Waals surface area contributed by atoms with E-state index in [1.54, 1.807) is 0 Å². The second kappa shape index (κ2) is 6.94. The first-order valence-electron chi connectivity index (χ1n) is 6.89. The minimum absolute atomic E-state index is 0.362. The highest BCUT2D eigenvalue weighted by Crippen LogP contribution is 2.27. The maximum atomic E-state index is 6.26. The third kappa shape index (κ3) is 4.09. The van der Waals surface area contributed by atoms with Crippen molar-refractivity contribution in [3.05, 3.63) is 33.8 Å². The minimum Gasteiger partial charge on any atom is -0.378 e. The third-order valence-electron chi connectivity index (χ3n) is 3.71. The molecule has 0 saturated carbocycles.